The van der Waals surface area contributed by atoms with E-state index in [1.54, 1.807) is 42.5 Å². The molecule has 114 valence electrons. The first-order valence-corrected chi connectivity index (χ1v) is 6.73. The number of nitrogens with one attached hydrogen (secondary N) is 1. The Balaban J connectivity index is 2.05. The third-order valence-electron chi connectivity index (χ3n) is 3.12. The van der Waals surface area contributed by atoms with E-state index in [0.29, 0.717) is 22.6 Å². The van der Waals surface area contributed by atoms with Crippen LogP contribution < -0.4 is 14.8 Å². The van der Waals surface area contributed by atoms with Crippen LogP contribution in [0.25, 0.3) is 0 Å². The van der Waals surface area contributed by atoms with Crippen molar-refractivity contribution in [3.05, 3.63) is 59.7 Å². The lowest BCUT2D eigenvalue weighted by atomic mass is 10.1. The molecule has 0 aliphatic carbocycles. The Hall–Kier alpha value is -2.82. The van der Waals surface area contributed by atoms with Gasteiger partial charge in [-0.05, 0) is 12.1 Å². The molecule has 0 bridgehead atoms. The number of ketones is 1. The minimum absolute atomic E-state index is 0.0671. The van der Waals surface area contributed by atoms with Crippen LogP contribution in [0.1, 0.15) is 20.7 Å². The third-order valence-corrected chi connectivity index (χ3v) is 3.12. The van der Waals surface area contributed by atoms with Crippen LogP contribution in [0.3, 0.4) is 0 Å². The molecule has 1 amide bonds. The Kier molecular flexibility index (Phi) is 5.14. The van der Waals surface area contributed by atoms with Gasteiger partial charge < -0.3 is 14.8 Å². The minimum Gasteiger partial charge on any atom is -0.497 e. The lowest BCUT2D eigenvalue weighted by molar-refractivity contribution is 0.0903. The molecule has 0 unspecified atom stereocenters. The summed E-state index contributed by atoms with van der Waals surface area (Å²) < 4.78 is 10.2. The number of Topliss-reactive ketones (excluding diaryl/α,β-unsaturated/α-hetero) is 1. The molecule has 0 aliphatic rings. The first-order valence-electron chi connectivity index (χ1n) is 6.73. The van der Waals surface area contributed by atoms with Crippen LogP contribution in [0.2, 0.25) is 0 Å². The van der Waals surface area contributed by atoms with Gasteiger partial charge in [0.25, 0.3) is 5.91 Å². The second-order valence-corrected chi connectivity index (χ2v) is 4.57. The van der Waals surface area contributed by atoms with Crippen molar-refractivity contribution in [2.45, 2.75) is 0 Å². The largest absolute Gasteiger partial charge is 0.497 e. The third kappa shape index (κ3) is 3.85. The van der Waals surface area contributed by atoms with E-state index in [-0.39, 0.29) is 18.2 Å². The summed E-state index contributed by atoms with van der Waals surface area (Å²) in [5.41, 5.74) is 0.933. The zero-order chi connectivity index (χ0) is 15.9. The molecule has 22 heavy (non-hydrogen) atoms. The Morgan fingerprint density at radius 3 is 2.05 bits per heavy atom. The van der Waals surface area contributed by atoms with Gasteiger partial charge in [-0.25, -0.2) is 0 Å². The van der Waals surface area contributed by atoms with E-state index in [9.17, 15) is 9.59 Å². The van der Waals surface area contributed by atoms with Crippen LogP contribution in [0.15, 0.2) is 48.5 Å². The minimum atomic E-state index is -0.360. The van der Waals surface area contributed by atoms with Crippen LogP contribution in [-0.2, 0) is 0 Å². The molecule has 1 N–H and O–H groups in total. The van der Waals surface area contributed by atoms with Crippen molar-refractivity contribution in [1.82, 2.24) is 5.32 Å². The molecule has 0 radical (unpaired) electrons. The van der Waals surface area contributed by atoms with E-state index in [4.69, 9.17) is 9.47 Å². The van der Waals surface area contributed by atoms with E-state index in [0.717, 1.165) is 0 Å². The van der Waals surface area contributed by atoms with Gasteiger partial charge in [0.15, 0.2) is 5.78 Å². The lowest BCUT2D eigenvalue weighted by Gasteiger charge is -2.09. The molecule has 5 nitrogen and oxygen atoms in total. The number of hydrogen-bond donors (Lipinski definition) is 1. The van der Waals surface area contributed by atoms with E-state index in [1.807, 2.05) is 6.07 Å². The van der Waals surface area contributed by atoms with Gasteiger partial charge in [-0.15, -0.1) is 0 Å². The van der Waals surface area contributed by atoms with Gasteiger partial charge in [0.2, 0.25) is 0 Å². The topological polar surface area (TPSA) is 64.6 Å². The number of ether oxygens (including phenoxy) is 2. The van der Waals surface area contributed by atoms with Crippen molar-refractivity contribution in [2.75, 3.05) is 20.8 Å². The van der Waals surface area contributed by atoms with Crippen LogP contribution in [0.4, 0.5) is 0 Å². The van der Waals surface area contributed by atoms with Gasteiger partial charge >= 0.3 is 0 Å². The number of amides is 1. The number of hydrogen-bond acceptors (Lipinski definition) is 4. The Morgan fingerprint density at radius 1 is 0.909 bits per heavy atom. The van der Waals surface area contributed by atoms with Crippen molar-refractivity contribution < 1.29 is 19.1 Å². The molecular weight excluding hydrogens is 282 g/mol. The van der Waals surface area contributed by atoms with Gasteiger partial charge in [-0.2, -0.15) is 0 Å². The predicted molar refractivity (Wildman–Crippen MR) is 82.7 cm³/mol. The standard InChI is InChI=1S/C17H17NO4/c1-21-14-8-13(9-15(10-14)22-2)17(20)18-11-16(19)12-6-4-3-5-7-12/h3-10H,11H2,1-2H3,(H,18,20). The molecule has 5 heteroatoms. The molecule has 0 heterocycles. The van der Waals surface area contributed by atoms with Crippen molar-refractivity contribution in [3.63, 3.8) is 0 Å². The molecule has 0 saturated carbocycles. The molecule has 2 rings (SSSR count). The molecule has 0 aliphatic heterocycles. The van der Waals surface area contributed by atoms with Gasteiger partial charge in [0, 0.05) is 17.2 Å². The van der Waals surface area contributed by atoms with Crippen LogP contribution in [0, 0.1) is 0 Å². The van der Waals surface area contributed by atoms with Crippen molar-refractivity contribution >= 4 is 11.7 Å². The smallest absolute Gasteiger partial charge is 0.251 e. The fourth-order valence-corrected chi connectivity index (χ4v) is 1.93. The zero-order valence-corrected chi connectivity index (χ0v) is 12.5. The Bertz CT molecular complexity index is 645. The fourth-order valence-electron chi connectivity index (χ4n) is 1.93. The van der Waals surface area contributed by atoms with E-state index in [2.05, 4.69) is 5.32 Å². The highest BCUT2D eigenvalue weighted by atomic mass is 16.5. The van der Waals surface area contributed by atoms with Gasteiger partial charge in [0.05, 0.1) is 20.8 Å². The average Bonchev–Trinajstić information content (AvgIpc) is 2.59. The summed E-state index contributed by atoms with van der Waals surface area (Å²) >= 11 is 0. The maximum atomic E-state index is 12.1. The summed E-state index contributed by atoms with van der Waals surface area (Å²) in [5.74, 6) is 0.517. The maximum Gasteiger partial charge on any atom is 0.251 e. The normalized spacial score (nSPS) is 9.91. The first kappa shape index (κ1) is 15.6. The van der Waals surface area contributed by atoms with Crippen molar-refractivity contribution in [3.8, 4) is 11.5 Å². The van der Waals surface area contributed by atoms with Crippen LogP contribution in [-0.4, -0.2) is 32.5 Å². The molecule has 0 aromatic heterocycles. The van der Waals surface area contributed by atoms with E-state index >= 15 is 0 Å². The average molecular weight is 299 g/mol. The van der Waals surface area contributed by atoms with Crippen LogP contribution >= 0.6 is 0 Å². The molecule has 0 saturated heterocycles. The van der Waals surface area contributed by atoms with E-state index in [1.165, 1.54) is 14.2 Å². The zero-order valence-electron chi connectivity index (χ0n) is 12.5. The summed E-state index contributed by atoms with van der Waals surface area (Å²) in [4.78, 5) is 24.1. The molecule has 0 spiro atoms. The summed E-state index contributed by atoms with van der Waals surface area (Å²) in [6.07, 6.45) is 0. The molecule has 0 atom stereocenters. The SMILES string of the molecule is COc1cc(OC)cc(C(=O)NCC(=O)c2ccccc2)c1. The highest BCUT2D eigenvalue weighted by Gasteiger charge is 2.12. The summed E-state index contributed by atoms with van der Waals surface area (Å²) in [6.45, 7) is -0.0671. The van der Waals surface area contributed by atoms with Crippen molar-refractivity contribution in [2.24, 2.45) is 0 Å². The molecule has 2 aromatic carbocycles. The lowest BCUT2D eigenvalue weighted by Crippen LogP contribution is -2.29. The quantitative estimate of drug-likeness (QED) is 0.831. The fraction of sp³-hybridized carbons (Fsp3) is 0.176. The number of rotatable bonds is 6. The summed E-state index contributed by atoms with van der Waals surface area (Å²) in [6, 6.07) is 13.7. The molecule has 0 fully saturated rings. The number of carbonyl (C=O) groups excluding carboxylic acids is 2. The number of methoxy groups -OCH3 is 2. The highest BCUT2D eigenvalue weighted by molar-refractivity contribution is 6.02. The van der Waals surface area contributed by atoms with E-state index < -0.39 is 0 Å². The number of benzene rings is 2. The van der Waals surface area contributed by atoms with Gasteiger partial charge in [-0.3, -0.25) is 9.59 Å². The Labute approximate surface area is 128 Å². The second-order valence-electron chi connectivity index (χ2n) is 4.57. The molecular formula is C17H17NO4. The molecule has 2 aromatic rings. The predicted octanol–water partition coefficient (Wildman–Crippen LogP) is 2.32. The maximum absolute atomic E-state index is 12.1. The van der Waals surface area contributed by atoms with Crippen molar-refractivity contribution in [1.29, 1.82) is 0 Å². The summed E-state index contributed by atoms with van der Waals surface area (Å²) in [5, 5.41) is 2.60. The van der Waals surface area contributed by atoms with Crippen LogP contribution in [0.5, 0.6) is 11.5 Å². The highest BCUT2D eigenvalue weighted by Crippen LogP contribution is 2.22. The van der Waals surface area contributed by atoms with Gasteiger partial charge in [-0.1, -0.05) is 30.3 Å². The second kappa shape index (κ2) is 7.26. The van der Waals surface area contributed by atoms with Gasteiger partial charge in [0.1, 0.15) is 11.5 Å². The summed E-state index contributed by atoms with van der Waals surface area (Å²) in [7, 11) is 3.02. The number of carbonyl (C=O) groups is 2. The first-order chi connectivity index (χ1) is 10.6. The Morgan fingerprint density at radius 2 is 1.50 bits per heavy atom. The monoisotopic (exact) mass is 299 g/mol.